The van der Waals surface area contributed by atoms with Crippen LogP contribution >= 0.6 is 7.82 Å². The van der Waals surface area contributed by atoms with Crippen LogP contribution in [0.25, 0.3) is 0 Å². The molecule has 9 N–H and O–H groups in total. The topological polar surface area (TPSA) is 225 Å². The molecule has 0 spiro atoms. The molecule has 0 radical (unpaired) electrons. The molecule has 35 heavy (non-hydrogen) atoms. The van der Waals surface area contributed by atoms with Gasteiger partial charge in [0.2, 0.25) is 5.95 Å². The summed E-state index contributed by atoms with van der Waals surface area (Å²) in [6, 6.07) is 6.40. The first-order valence-corrected chi connectivity index (χ1v) is 12.3. The SMILES string of the molecule is C[C@@H]1Nc2nc(N)[nH]c(=O)c2N=C1[C@@H](C)Nc1ccc([C@@H]2O[C@H](COP(=O)(O)O)[C@@H](O)[C@H]2O)cc1. The van der Waals surface area contributed by atoms with Crippen molar-refractivity contribution in [3.8, 4) is 0 Å². The molecule has 0 unspecified atom stereocenters. The number of anilines is 3. The molecule has 15 heteroatoms. The molecule has 14 nitrogen and oxygen atoms in total. The average molecular weight is 510 g/mol. The number of aliphatic imine (C=N–C) groups is 1. The maximum Gasteiger partial charge on any atom is 0.469 e. The summed E-state index contributed by atoms with van der Waals surface area (Å²) in [5.74, 6) is 0.323. The van der Waals surface area contributed by atoms with Crippen molar-refractivity contribution >= 4 is 36.7 Å². The second-order valence-electron chi connectivity index (χ2n) is 8.40. The standard InChI is InChI=1S/C20H27N6O8P/c1-8(13-9(2)23-18-14(24-13)19(29)26-20(21)25-18)22-11-5-3-10(4-6-11)17-16(28)15(27)12(34-17)7-33-35(30,31)32/h3-6,8-9,12,15-17,22,27-28H,7H2,1-2H3,(H2,30,31,32)(H4,21,23,25,26,29)/t8-,9+,12-,15-,16-,17+/m1/s1. The molecule has 2 aromatic rings. The Morgan fingerprint density at radius 1 is 1.26 bits per heavy atom. The predicted octanol–water partition coefficient (Wildman–Crippen LogP) is 0.0102. The molecule has 4 rings (SSSR count). The number of nitrogen functional groups attached to an aromatic ring is 1. The van der Waals surface area contributed by atoms with Gasteiger partial charge in [-0.15, -0.1) is 0 Å². The molecule has 1 aromatic heterocycles. The van der Waals surface area contributed by atoms with Crippen LogP contribution in [0.4, 0.5) is 23.1 Å². The van der Waals surface area contributed by atoms with Crippen molar-refractivity contribution in [1.82, 2.24) is 9.97 Å². The summed E-state index contributed by atoms with van der Waals surface area (Å²) in [4.78, 5) is 40.9. The summed E-state index contributed by atoms with van der Waals surface area (Å²) < 4.78 is 20.9. The summed E-state index contributed by atoms with van der Waals surface area (Å²) in [6.45, 7) is 3.21. The zero-order valence-electron chi connectivity index (χ0n) is 18.8. The number of ether oxygens (including phenoxy) is 1. The van der Waals surface area contributed by atoms with Gasteiger partial charge in [-0.2, -0.15) is 4.98 Å². The van der Waals surface area contributed by atoms with E-state index in [0.29, 0.717) is 17.1 Å². The molecular formula is C20H27N6O8P. The fraction of sp³-hybridized carbons (Fsp3) is 0.450. The van der Waals surface area contributed by atoms with Gasteiger partial charge in [-0.3, -0.25) is 14.3 Å². The maximum atomic E-state index is 12.2. The number of hydrogen-bond acceptors (Lipinski definition) is 11. The summed E-state index contributed by atoms with van der Waals surface area (Å²) in [5.41, 5.74) is 7.27. The van der Waals surface area contributed by atoms with Crippen LogP contribution in [0.2, 0.25) is 0 Å². The third-order valence-corrected chi connectivity index (χ3v) is 6.27. The predicted molar refractivity (Wildman–Crippen MR) is 127 cm³/mol. The second-order valence-corrected chi connectivity index (χ2v) is 9.64. The molecule has 2 aliphatic rings. The molecule has 2 aliphatic heterocycles. The summed E-state index contributed by atoms with van der Waals surface area (Å²) >= 11 is 0. The van der Waals surface area contributed by atoms with Gasteiger partial charge in [0.25, 0.3) is 5.56 Å². The van der Waals surface area contributed by atoms with Crippen molar-refractivity contribution in [1.29, 1.82) is 0 Å². The highest BCUT2D eigenvalue weighted by Crippen LogP contribution is 2.39. The molecule has 0 amide bonds. The van der Waals surface area contributed by atoms with Crippen molar-refractivity contribution in [2.75, 3.05) is 23.0 Å². The Balaban J connectivity index is 1.44. The first-order chi connectivity index (χ1) is 16.4. The van der Waals surface area contributed by atoms with Gasteiger partial charge in [0.1, 0.15) is 24.4 Å². The highest BCUT2D eigenvalue weighted by Gasteiger charge is 2.44. The fourth-order valence-corrected chi connectivity index (χ4v) is 4.43. The Kier molecular flexibility index (Phi) is 6.97. The number of aliphatic hydroxyl groups is 2. The lowest BCUT2D eigenvalue weighted by atomic mass is 10.0. The fourth-order valence-electron chi connectivity index (χ4n) is 4.09. The van der Waals surface area contributed by atoms with Gasteiger partial charge in [0.15, 0.2) is 11.5 Å². The minimum absolute atomic E-state index is 0.00267. The maximum absolute atomic E-state index is 12.2. The molecule has 6 atom stereocenters. The molecule has 3 heterocycles. The number of phosphoric ester groups is 1. The van der Waals surface area contributed by atoms with E-state index in [-0.39, 0.29) is 23.7 Å². The molecule has 1 saturated heterocycles. The van der Waals surface area contributed by atoms with E-state index in [4.69, 9.17) is 20.3 Å². The Labute approximate surface area is 199 Å². The summed E-state index contributed by atoms with van der Waals surface area (Å²) in [5, 5.41) is 26.9. The minimum Gasteiger partial charge on any atom is -0.387 e. The van der Waals surface area contributed by atoms with Gasteiger partial charge in [0.05, 0.1) is 24.4 Å². The van der Waals surface area contributed by atoms with Crippen molar-refractivity contribution in [2.45, 2.75) is 50.3 Å². The Hall–Kier alpha value is -2.84. The van der Waals surface area contributed by atoms with E-state index in [9.17, 15) is 19.6 Å². The minimum atomic E-state index is -4.74. The molecule has 0 aliphatic carbocycles. The van der Waals surface area contributed by atoms with E-state index in [1.807, 2.05) is 13.8 Å². The van der Waals surface area contributed by atoms with Gasteiger partial charge in [-0.25, -0.2) is 9.56 Å². The zero-order chi connectivity index (χ0) is 25.5. The normalized spacial score (nSPS) is 27.0. The lowest BCUT2D eigenvalue weighted by Crippen LogP contribution is -2.41. The summed E-state index contributed by atoms with van der Waals surface area (Å²) in [6.07, 6.45) is -4.69. The van der Waals surface area contributed by atoms with Gasteiger partial charge in [-0.1, -0.05) is 12.1 Å². The number of phosphoric acid groups is 1. The number of hydrogen-bond donors (Lipinski definition) is 8. The summed E-state index contributed by atoms with van der Waals surface area (Å²) in [7, 11) is -4.74. The van der Waals surface area contributed by atoms with E-state index in [2.05, 4.69) is 30.1 Å². The van der Waals surface area contributed by atoms with E-state index >= 15 is 0 Å². The number of nitrogens with two attached hydrogens (primary N) is 1. The number of fused-ring (bicyclic) bond motifs is 1. The number of aromatic amines is 1. The average Bonchev–Trinajstić information content (AvgIpc) is 3.05. The molecule has 0 bridgehead atoms. The highest BCUT2D eigenvalue weighted by molar-refractivity contribution is 7.46. The van der Waals surface area contributed by atoms with Crippen LogP contribution < -0.4 is 21.9 Å². The number of benzene rings is 1. The number of aromatic nitrogens is 2. The first-order valence-electron chi connectivity index (χ1n) is 10.8. The van der Waals surface area contributed by atoms with Crippen LogP contribution in [0.15, 0.2) is 34.1 Å². The molecular weight excluding hydrogens is 483 g/mol. The number of H-pyrrole nitrogens is 1. The van der Waals surface area contributed by atoms with Gasteiger partial charge in [-0.05, 0) is 31.5 Å². The van der Waals surface area contributed by atoms with Crippen molar-refractivity contribution < 1.29 is 33.8 Å². The van der Waals surface area contributed by atoms with Gasteiger partial charge >= 0.3 is 7.82 Å². The first kappa shape index (κ1) is 25.3. The molecule has 0 saturated carbocycles. The highest BCUT2D eigenvalue weighted by atomic mass is 31.2. The van der Waals surface area contributed by atoms with Crippen molar-refractivity contribution in [2.24, 2.45) is 4.99 Å². The van der Waals surface area contributed by atoms with E-state index < -0.39 is 44.4 Å². The van der Waals surface area contributed by atoms with Crippen molar-refractivity contribution in [3.05, 3.63) is 40.2 Å². The van der Waals surface area contributed by atoms with Gasteiger partial charge < -0.3 is 41.1 Å². The third kappa shape index (κ3) is 5.54. The Morgan fingerprint density at radius 2 is 1.94 bits per heavy atom. The number of nitrogens with one attached hydrogen (secondary N) is 3. The zero-order valence-corrected chi connectivity index (χ0v) is 19.7. The molecule has 1 aromatic carbocycles. The number of aliphatic hydroxyl groups excluding tert-OH is 2. The second kappa shape index (κ2) is 9.66. The third-order valence-electron chi connectivity index (χ3n) is 5.79. The van der Waals surface area contributed by atoms with E-state index in [0.717, 1.165) is 5.69 Å². The quantitative estimate of drug-likeness (QED) is 0.231. The van der Waals surface area contributed by atoms with Crippen LogP contribution in [0.3, 0.4) is 0 Å². The van der Waals surface area contributed by atoms with Crippen LogP contribution in [0.5, 0.6) is 0 Å². The van der Waals surface area contributed by atoms with Crippen LogP contribution in [-0.4, -0.2) is 72.7 Å². The van der Waals surface area contributed by atoms with E-state index in [1.54, 1.807) is 24.3 Å². The number of nitrogens with zero attached hydrogens (tertiary/aromatic N) is 2. The van der Waals surface area contributed by atoms with Crippen LogP contribution in [-0.2, 0) is 13.8 Å². The monoisotopic (exact) mass is 510 g/mol. The smallest absolute Gasteiger partial charge is 0.387 e. The lowest BCUT2D eigenvalue weighted by molar-refractivity contribution is -0.0223. The van der Waals surface area contributed by atoms with Crippen LogP contribution in [0.1, 0.15) is 25.5 Å². The lowest BCUT2D eigenvalue weighted by Gasteiger charge is -2.27. The molecule has 1 fully saturated rings. The Bertz CT molecular complexity index is 1220. The van der Waals surface area contributed by atoms with E-state index in [1.165, 1.54) is 0 Å². The largest absolute Gasteiger partial charge is 0.469 e. The van der Waals surface area contributed by atoms with Gasteiger partial charge in [0, 0.05) is 5.69 Å². The number of rotatable bonds is 7. The van der Waals surface area contributed by atoms with Crippen molar-refractivity contribution in [3.63, 3.8) is 0 Å². The molecule has 190 valence electrons. The Morgan fingerprint density at radius 3 is 2.60 bits per heavy atom. The van der Waals surface area contributed by atoms with Crippen LogP contribution in [0, 0.1) is 0 Å².